The Morgan fingerprint density at radius 1 is 1.19 bits per heavy atom. The normalized spacial score (nSPS) is 10.6. The Morgan fingerprint density at radius 3 is 2.75 bits per heavy atom. The van der Waals surface area contributed by atoms with Gasteiger partial charge in [-0.3, -0.25) is 9.36 Å². The standard InChI is InChI=1S/C22H22Cl2N4O3S/c1-3-11-28-20(13-31-18-10-9-15(23)12-16(18)24)26-27-22(28)32-14-21(29)25-17-7-5-6-8-19(17)30-4-2/h3,5-10,12H,1,4,11,13-14H2,2H3,(H,25,29). The third kappa shape index (κ3) is 6.41. The SMILES string of the molecule is C=CCn1c(COc2ccc(Cl)cc2Cl)nnc1SCC(=O)Nc1ccccc1OCC. The summed E-state index contributed by atoms with van der Waals surface area (Å²) >= 11 is 13.3. The van der Waals surface area contributed by atoms with E-state index in [2.05, 4.69) is 22.1 Å². The number of benzene rings is 2. The van der Waals surface area contributed by atoms with Crippen LogP contribution in [0.4, 0.5) is 5.69 Å². The van der Waals surface area contributed by atoms with Crippen molar-refractivity contribution in [2.24, 2.45) is 0 Å². The summed E-state index contributed by atoms with van der Waals surface area (Å²) in [6.45, 7) is 6.81. The second-order valence-electron chi connectivity index (χ2n) is 6.43. The van der Waals surface area contributed by atoms with Gasteiger partial charge >= 0.3 is 0 Å². The van der Waals surface area contributed by atoms with E-state index in [4.69, 9.17) is 32.7 Å². The predicted octanol–water partition coefficient (Wildman–Crippen LogP) is 5.48. The molecule has 0 aliphatic carbocycles. The van der Waals surface area contributed by atoms with Crippen LogP contribution in [0.2, 0.25) is 10.0 Å². The number of para-hydroxylation sites is 2. The van der Waals surface area contributed by atoms with E-state index in [1.165, 1.54) is 11.8 Å². The van der Waals surface area contributed by atoms with Crippen LogP contribution in [0.3, 0.4) is 0 Å². The van der Waals surface area contributed by atoms with Crippen LogP contribution in [-0.4, -0.2) is 33.0 Å². The summed E-state index contributed by atoms with van der Waals surface area (Å²) in [6, 6.07) is 12.3. The number of carbonyl (C=O) groups excluding carboxylic acids is 1. The van der Waals surface area contributed by atoms with Gasteiger partial charge in [-0.2, -0.15) is 0 Å². The molecule has 1 amide bonds. The molecule has 1 heterocycles. The molecule has 0 fully saturated rings. The van der Waals surface area contributed by atoms with Gasteiger partial charge in [-0.15, -0.1) is 16.8 Å². The van der Waals surface area contributed by atoms with Crippen LogP contribution in [0.5, 0.6) is 11.5 Å². The number of nitrogens with one attached hydrogen (secondary N) is 1. The monoisotopic (exact) mass is 492 g/mol. The van der Waals surface area contributed by atoms with Crippen LogP contribution in [0, 0.1) is 0 Å². The van der Waals surface area contributed by atoms with Gasteiger partial charge in [-0.05, 0) is 37.3 Å². The minimum absolute atomic E-state index is 0.149. The highest BCUT2D eigenvalue weighted by atomic mass is 35.5. The van der Waals surface area contributed by atoms with Crippen molar-refractivity contribution in [3.8, 4) is 11.5 Å². The first-order valence-electron chi connectivity index (χ1n) is 9.77. The van der Waals surface area contributed by atoms with E-state index < -0.39 is 0 Å². The fourth-order valence-electron chi connectivity index (χ4n) is 2.75. The zero-order valence-electron chi connectivity index (χ0n) is 17.4. The van der Waals surface area contributed by atoms with Crippen LogP contribution < -0.4 is 14.8 Å². The Hall–Kier alpha value is -2.68. The van der Waals surface area contributed by atoms with Gasteiger partial charge in [0.15, 0.2) is 11.0 Å². The highest BCUT2D eigenvalue weighted by Crippen LogP contribution is 2.29. The van der Waals surface area contributed by atoms with Gasteiger partial charge in [0.05, 0.1) is 23.1 Å². The van der Waals surface area contributed by atoms with Crippen molar-refractivity contribution in [2.75, 3.05) is 17.7 Å². The quantitative estimate of drug-likeness (QED) is 0.282. The molecule has 0 atom stereocenters. The zero-order chi connectivity index (χ0) is 22.9. The largest absolute Gasteiger partial charge is 0.492 e. The highest BCUT2D eigenvalue weighted by Gasteiger charge is 2.15. The summed E-state index contributed by atoms with van der Waals surface area (Å²) in [6.07, 6.45) is 1.73. The Balaban J connectivity index is 1.63. The molecule has 2 aromatic carbocycles. The molecule has 0 bridgehead atoms. The number of halogens is 2. The molecule has 0 aliphatic rings. The first kappa shape index (κ1) is 24.0. The van der Waals surface area contributed by atoms with Crippen molar-refractivity contribution in [3.63, 3.8) is 0 Å². The molecule has 0 radical (unpaired) electrons. The smallest absolute Gasteiger partial charge is 0.234 e. The van der Waals surface area contributed by atoms with E-state index in [0.717, 1.165) is 0 Å². The topological polar surface area (TPSA) is 78.3 Å². The number of aromatic nitrogens is 3. The van der Waals surface area contributed by atoms with Crippen molar-refractivity contribution in [1.82, 2.24) is 14.8 Å². The number of hydrogen-bond donors (Lipinski definition) is 1. The molecule has 1 N–H and O–H groups in total. The molecule has 0 aliphatic heterocycles. The van der Waals surface area contributed by atoms with Crippen LogP contribution >= 0.6 is 35.0 Å². The van der Waals surface area contributed by atoms with Crippen molar-refractivity contribution in [2.45, 2.75) is 25.2 Å². The lowest BCUT2D eigenvalue weighted by Gasteiger charge is -2.12. The molecule has 168 valence electrons. The number of amides is 1. The summed E-state index contributed by atoms with van der Waals surface area (Å²) in [5, 5.41) is 12.8. The summed E-state index contributed by atoms with van der Waals surface area (Å²) < 4.78 is 13.1. The van der Waals surface area contributed by atoms with Crippen LogP contribution in [0.25, 0.3) is 0 Å². The number of ether oxygens (including phenoxy) is 2. The van der Waals surface area contributed by atoms with E-state index in [1.54, 1.807) is 30.3 Å². The number of hydrogen-bond acceptors (Lipinski definition) is 6. The first-order chi connectivity index (χ1) is 15.5. The van der Waals surface area contributed by atoms with Gasteiger partial charge in [-0.1, -0.05) is 53.2 Å². The molecular weight excluding hydrogens is 471 g/mol. The van der Waals surface area contributed by atoms with E-state index in [0.29, 0.717) is 51.4 Å². The van der Waals surface area contributed by atoms with Crippen molar-refractivity contribution in [1.29, 1.82) is 0 Å². The third-order valence-corrected chi connectivity index (χ3v) is 5.65. The summed E-state index contributed by atoms with van der Waals surface area (Å²) in [7, 11) is 0. The first-order valence-corrected chi connectivity index (χ1v) is 11.5. The van der Waals surface area contributed by atoms with Crippen LogP contribution in [0.15, 0.2) is 60.3 Å². The van der Waals surface area contributed by atoms with Crippen molar-refractivity contribution in [3.05, 3.63) is 71.0 Å². The second-order valence-corrected chi connectivity index (χ2v) is 8.21. The maximum absolute atomic E-state index is 12.5. The Labute approximate surface area is 200 Å². The molecular formula is C22H22Cl2N4O3S. The number of thioether (sulfide) groups is 1. The molecule has 0 saturated heterocycles. The molecule has 0 unspecified atom stereocenters. The maximum Gasteiger partial charge on any atom is 0.234 e. The van der Waals surface area contributed by atoms with E-state index in [1.807, 2.05) is 29.7 Å². The molecule has 3 rings (SSSR count). The second kappa shape index (κ2) is 11.8. The van der Waals surface area contributed by atoms with Crippen LogP contribution in [-0.2, 0) is 17.9 Å². The number of nitrogens with zero attached hydrogens (tertiary/aromatic N) is 3. The predicted molar refractivity (Wildman–Crippen MR) is 128 cm³/mol. The van der Waals surface area contributed by atoms with E-state index >= 15 is 0 Å². The molecule has 7 nitrogen and oxygen atoms in total. The average Bonchev–Trinajstić information content (AvgIpc) is 3.15. The Kier molecular flexibility index (Phi) is 8.84. The Morgan fingerprint density at radius 2 is 2.00 bits per heavy atom. The zero-order valence-corrected chi connectivity index (χ0v) is 19.7. The lowest BCUT2D eigenvalue weighted by molar-refractivity contribution is -0.113. The minimum atomic E-state index is -0.180. The summed E-state index contributed by atoms with van der Waals surface area (Å²) in [4.78, 5) is 12.5. The van der Waals surface area contributed by atoms with E-state index in [9.17, 15) is 4.79 Å². The highest BCUT2D eigenvalue weighted by molar-refractivity contribution is 7.99. The van der Waals surface area contributed by atoms with Gasteiger partial charge in [0, 0.05) is 11.6 Å². The average molecular weight is 493 g/mol. The minimum Gasteiger partial charge on any atom is -0.492 e. The van der Waals surface area contributed by atoms with Gasteiger partial charge < -0.3 is 14.8 Å². The number of anilines is 1. The summed E-state index contributed by atoms with van der Waals surface area (Å²) in [5.41, 5.74) is 0.626. The molecule has 0 saturated carbocycles. The van der Waals surface area contributed by atoms with Crippen molar-refractivity contribution < 1.29 is 14.3 Å². The van der Waals surface area contributed by atoms with E-state index in [-0.39, 0.29) is 18.3 Å². The van der Waals surface area contributed by atoms with Gasteiger partial charge in [-0.25, -0.2) is 0 Å². The van der Waals surface area contributed by atoms with Crippen molar-refractivity contribution >= 4 is 46.6 Å². The maximum atomic E-state index is 12.5. The van der Waals surface area contributed by atoms with Gasteiger partial charge in [0.2, 0.25) is 5.91 Å². The lowest BCUT2D eigenvalue weighted by Crippen LogP contribution is -2.15. The Bertz CT molecular complexity index is 1090. The van der Waals surface area contributed by atoms with Crippen LogP contribution in [0.1, 0.15) is 12.7 Å². The molecule has 0 spiro atoms. The molecule has 3 aromatic rings. The third-order valence-electron chi connectivity index (χ3n) is 4.15. The molecule has 1 aromatic heterocycles. The molecule has 32 heavy (non-hydrogen) atoms. The lowest BCUT2D eigenvalue weighted by atomic mass is 10.3. The number of rotatable bonds is 11. The molecule has 10 heteroatoms. The summed E-state index contributed by atoms with van der Waals surface area (Å²) in [5.74, 6) is 1.68. The van der Waals surface area contributed by atoms with Gasteiger partial charge in [0.1, 0.15) is 18.1 Å². The fourth-order valence-corrected chi connectivity index (χ4v) is 3.98. The number of carbonyl (C=O) groups is 1. The van der Waals surface area contributed by atoms with Gasteiger partial charge in [0.25, 0.3) is 0 Å². The number of allylic oxidation sites excluding steroid dienone is 1. The fraction of sp³-hybridized carbons (Fsp3) is 0.227.